The van der Waals surface area contributed by atoms with Crippen LogP contribution in [0.25, 0.3) is 0 Å². The summed E-state index contributed by atoms with van der Waals surface area (Å²) in [7, 11) is 0. The van der Waals surface area contributed by atoms with E-state index in [1.807, 2.05) is 24.3 Å². The fraction of sp³-hybridized carbons (Fsp3) is 0.0714. The topological polar surface area (TPSA) is 67.2 Å². The highest BCUT2D eigenvalue weighted by atomic mass is 35.5. The zero-order chi connectivity index (χ0) is 14.5. The van der Waals surface area contributed by atoms with Crippen molar-refractivity contribution in [1.82, 2.24) is 0 Å². The molecule has 2 aromatic rings. The zero-order valence-corrected chi connectivity index (χ0v) is 12.0. The molecule has 0 unspecified atom stereocenters. The molecule has 0 atom stereocenters. The quantitative estimate of drug-likeness (QED) is 0.796. The lowest BCUT2D eigenvalue weighted by molar-refractivity contribution is 0.259. The molecule has 0 radical (unpaired) electrons. The van der Waals surface area contributed by atoms with Crippen LogP contribution in [0.1, 0.15) is 5.56 Å². The lowest BCUT2D eigenvalue weighted by atomic mass is 10.2. The molecule has 0 saturated heterocycles. The van der Waals surface area contributed by atoms with Gasteiger partial charge >= 0.3 is 6.03 Å². The second kappa shape index (κ2) is 6.50. The number of carbonyl (C=O) groups excluding carboxylic acids is 1. The molecule has 6 heteroatoms. The Balaban J connectivity index is 1.96. The third kappa shape index (κ3) is 4.05. The van der Waals surface area contributed by atoms with Crippen LogP contribution in [0.15, 0.2) is 42.5 Å². The summed E-state index contributed by atoms with van der Waals surface area (Å²) >= 11 is 11.8. The van der Waals surface area contributed by atoms with Gasteiger partial charge in [-0.05, 0) is 42.0 Å². The molecule has 0 aliphatic carbocycles. The Labute approximate surface area is 126 Å². The van der Waals surface area contributed by atoms with Gasteiger partial charge in [0.1, 0.15) is 0 Å². The largest absolute Gasteiger partial charge is 0.381 e. The molecule has 2 amide bonds. The third-order valence-electron chi connectivity index (χ3n) is 2.63. The van der Waals surface area contributed by atoms with Crippen molar-refractivity contribution in [3.8, 4) is 0 Å². The number of anilines is 2. The lowest BCUT2D eigenvalue weighted by Gasteiger charge is -2.08. The minimum absolute atomic E-state index is 0.534. The van der Waals surface area contributed by atoms with Crippen LogP contribution in [0.5, 0.6) is 0 Å². The number of primary amides is 1. The fourth-order valence-electron chi connectivity index (χ4n) is 1.67. The molecule has 0 aromatic heterocycles. The first kappa shape index (κ1) is 14.5. The van der Waals surface area contributed by atoms with Gasteiger partial charge in [-0.25, -0.2) is 4.79 Å². The number of hydrogen-bond donors (Lipinski definition) is 3. The normalized spacial score (nSPS) is 10.1. The second-order valence-corrected chi connectivity index (χ2v) is 4.98. The Morgan fingerprint density at radius 1 is 1.00 bits per heavy atom. The molecule has 104 valence electrons. The third-order valence-corrected chi connectivity index (χ3v) is 3.37. The minimum atomic E-state index is -0.582. The smallest absolute Gasteiger partial charge is 0.316 e. The molecule has 0 fully saturated rings. The van der Waals surface area contributed by atoms with Gasteiger partial charge in [0.15, 0.2) is 0 Å². The van der Waals surface area contributed by atoms with Crippen molar-refractivity contribution < 1.29 is 4.79 Å². The van der Waals surface area contributed by atoms with E-state index in [-0.39, 0.29) is 0 Å². The van der Waals surface area contributed by atoms with Gasteiger partial charge in [-0.15, -0.1) is 0 Å². The Bertz CT molecular complexity index is 614. The summed E-state index contributed by atoms with van der Waals surface area (Å²) in [5.41, 5.74) is 7.63. The summed E-state index contributed by atoms with van der Waals surface area (Å²) in [6, 6.07) is 12.1. The van der Waals surface area contributed by atoms with Crippen LogP contribution >= 0.6 is 23.2 Å². The first-order chi connectivity index (χ1) is 9.54. The first-order valence-corrected chi connectivity index (χ1v) is 6.64. The predicted octanol–water partition coefficient (Wildman–Crippen LogP) is 4.10. The van der Waals surface area contributed by atoms with Gasteiger partial charge in [0.25, 0.3) is 0 Å². The summed E-state index contributed by atoms with van der Waals surface area (Å²) in [6.45, 7) is 0.624. The summed E-state index contributed by atoms with van der Waals surface area (Å²) in [6.07, 6.45) is 0. The number of halogens is 2. The average Bonchev–Trinajstić information content (AvgIpc) is 2.41. The highest BCUT2D eigenvalue weighted by Crippen LogP contribution is 2.23. The van der Waals surface area contributed by atoms with Crippen molar-refractivity contribution in [3.63, 3.8) is 0 Å². The second-order valence-electron chi connectivity index (χ2n) is 4.17. The van der Waals surface area contributed by atoms with Crippen molar-refractivity contribution in [2.24, 2.45) is 5.73 Å². The standard InChI is InChI=1S/C14H13Cl2N3O/c15-12-6-1-9(7-13(12)16)8-18-10-2-4-11(5-3-10)19-14(17)20/h1-7,18H,8H2,(H3,17,19,20). The Kier molecular flexibility index (Phi) is 4.71. The van der Waals surface area contributed by atoms with Crippen LogP contribution in [0, 0.1) is 0 Å². The van der Waals surface area contributed by atoms with Crippen LogP contribution in [-0.2, 0) is 6.54 Å². The molecule has 0 aliphatic rings. The number of amides is 2. The lowest BCUT2D eigenvalue weighted by Crippen LogP contribution is -2.19. The number of nitrogens with two attached hydrogens (primary N) is 1. The van der Waals surface area contributed by atoms with Crippen LogP contribution in [0.4, 0.5) is 16.2 Å². The molecule has 0 heterocycles. The van der Waals surface area contributed by atoms with Crippen molar-refractivity contribution >= 4 is 40.6 Å². The monoisotopic (exact) mass is 309 g/mol. The maximum Gasteiger partial charge on any atom is 0.316 e. The van der Waals surface area contributed by atoms with Gasteiger partial charge in [-0.1, -0.05) is 29.3 Å². The fourth-order valence-corrected chi connectivity index (χ4v) is 1.99. The van der Waals surface area contributed by atoms with Crippen LogP contribution in [-0.4, -0.2) is 6.03 Å². The van der Waals surface area contributed by atoms with Crippen molar-refractivity contribution in [3.05, 3.63) is 58.1 Å². The zero-order valence-electron chi connectivity index (χ0n) is 10.5. The van der Waals surface area contributed by atoms with E-state index >= 15 is 0 Å². The van der Waals surface area contributed by atoms with E-state index in [4.69, 9.17) is 28.9 Å². The molecular weight excluding hydrogens is 297 g/mol. The number of benzene rings is 2. The molecule has 0 bridgehead atoms. The van der Waals surface area contributed by atoms with Gasteiger partial charge < -0.3 is 16.4 Å². The molecule has 20 heavy (non-hydrogen) atoms. The molecule has 4 nitrogen and oxygen atoms in total. The summed E-state index contributed by atoms with van der Waals surface area (Å²) in [5.74, 6) is 0. The van der Waals surface area contributed by atoms with Crippen molar-refractivity contribution in [1.29, 1.82) is 0 Å². The number of rotatable bonds is 4. The average molecular weight is 310 g/mol. The van der Waals surface area contributed by atoms with Crippen molar-refractivity contribution in [2.75, 3.05) is 10.6 Å². The molecular formula is C14H13Cl2N3O. The Morgan fingerprint density at radius 2 is 1.65 bits per heavy atom. The van der Waals surface area contributed by atoms with E-state index in [2.05, 4.69) is 10.6 Å². The molecule has 2 aromatic carbocycles. The van der Waals surface area contributed by atoms with E-state index in [0.29, 0.717) is 22.3 Å². The summed E-state index contributed by atoms with van der Waals surface area (Å²) < 4.78 is 0. The van der Waals surface area contributed by atoms with Crippen LogP contribution in [0.2, 0.25) is 10.0 Å². The maximum atomic E-state index is 10.7. The van der Waals surface area contributed by atoms with E-state index in [0.717, 1.165) is 11.3 Å². The van der Waals surface area contributed by atoms with Gasteiger partial charge in [-0.3, -0.25) is 0 Å². The Morgan fingerprint density at radius 3 is 2.25 bits per heavy atom. The van der Waals surface area contributed by atoms with Crippen LogP contribution < -0.4 is 16.4 Å². The SMILES string of the molecule is NC(=O)Nc1ccc(NCc2ccc(Cl)c(Cl)c2)cc1. The molecule has 0 spiro atoms. The van der Waals surface area contributed by atoms with Gasteiger partial charge in [0.05, 0.1) is 10.0 Å². The first-order valence-electron chi connectivity index (χ1n) is 5.89. The van der Waals surface area contributed by atoms with E-state index in [9.17, 15) is 4.79 Å². The van der Waals surface area contributed by atoms with Crippen molar-refractivity contribution in [2.45, 2.75) is 6.54 Å². The minimum Gasteiger partial charge on any atom is -0.381 e. The van der Waals surface area contributed by atoms with E-state index in [1.165, 1.54) is 0 Å². The van der Waals surface area contributed by atoms with Gasteiger partial charge in [0.2, 0.25) is 0 Å². The van der Waals surface area contributed by atoms with E-state index in [1.54, 1.807) is 18.2 Å². The van der Waals surface area contributed by atoms with Gasteiger partial charge in [-0.2, -0.15) is 0 Å². The van der Waals surface area contributed by atoms with E-state index < -0.39 is 6.03 Å². The summed E-state index contributed by atoms with van der Waals surface area (Å²) in [5, 5.41) is 6.81. The molecule has 2 rings (SSSR count). The highest BCUT2D eigenvalue weighted by Gasteiger charge is 2.00. The van der Waals surface area contributed by atoms with Crippen LogP contribution in [0.3, 0.4) is 0 Å². The maximum absolute atomic E-state index is 10.7. The Hall–Kier alpha value is -1.91. The number of hydrogen-bond acceptors (Lipinski definition) is 2. The molecule has 0 aliphatic heterocycles. The molecule has 4 N–H and O–H groups in total. The van der Waals surface area contributed by atoms with Gasteiger partial charge in [0, 0.05) is 17.9 Å². The summed E-state index contributed by atoms with van der Waals surface area (Å²) in [4.78, 5) is 10.7. The number of carbonyl (C=O) groups is 1. The number of urea groups is 1. The molecule has 0 saturated carbocycles. The predicted molar refractivity (Wildman–Crippen MR) is 83.4 cm³/mol. The number of nitrogens with one attached hydrogen (secondary N) is 2. The highest BCUT2D eigenvalue weighted by molar-refractivity contribution is 6.42.